The number of fused-ring (bicyclic) bond motifs is 8. The molecule has 0 fully saturated rings. The first kappa shape index (κ1) is 31.5. The Labute approximate surface area is 268 Å². The van der Waals surface area contributed by atoms with E-state index in [2.05, 4.69) is 48.9 Å². The molecule has 2 aromatic carbocycles. The fourth-order valence-electron chi connectivity index (χ4n) is 6.46. The molecule has 7 nitrogen and oxygen atoms in total. The summed E-state index contributed by atoms with van der Waals surface area (Å²) < 4.78 is 17.5. The minimum absolute atomic E-state index is 0.0323. The highest BCUT2D eigenvalue weighted by Gasteiger charge is 2.36. The lowest BCUT2D eigenvalue weighted by atomic mass is 9.73. The lowest BCUT2D eigenvalue weighted by molar-refractivity contribution is 0.0955. The molecular weight excluding hydrogens is 585 g/mol. The van der Waals surface area contributed by atoms with Crippen molar-refractivity contribution >= 4 is 22.7 Å². The third-order valence-corrected chi connectivity index (χ3v) is 10.7. The van der Waals surface area contributed by atoms with Crippen molar-refractivity contribution in [3.63, 3.8) is 0 Å². The zero-order valence-corrected chi connectivity index (χ0v) is 27.3. The van der Waals surface area contributed by atoms with E-state index in [0.717, 1.165) is 69.5 Å². The summed E-state index contributed by atoms with van der Waals surface area (Å²) >= 11 is 1.92. The summed E-state index contributed by atoms with van der Waals surface area (Å²) in [4.78, 5) is 13.0. The van der Waals surface area contributed by atoms with Crippen LogP contribution in [0.5, 0.6) is 0 Å². The highest BCUT2D eigenvalue weighted by Crippen LogP contribution is 2.41. The molecule has 0 saturated carbocycles. The number of aryl methyl sites for hydroxylation is 2. The lowest BCUT2D eigenvalue weighted by Gasteiger charge is -2.33. The van der Waals surface area contributed by atoms with Gasteiger partial charge in [0.15, 0.2) is 11.6 Å². The van der Waals surface area contributed by atoms with Crippen LogP contribution in [0.3, 0.4) is 0 Å². The van der Waals surface area contributed by atoms with Crippen LogP contribution in [0.4, 0.5) is 4.39 Å². The second-order valence-electron chi connectivity index (χ2n) is 13.4. The molecule has 5 aromatic rings. The van der Waals surface area contributed by atoms with Crippen LogP contribution in [-0.2, 0) is 31.7 Å². The molecule has 4 heterocycles. The van der Waals surface area contributed by atoms with Gasteiger partial charge in [0.25, 0.3) is 0 Å². The largest absolute Gasteiger partial charge is 0.394 e. The number of aliphatic hydroxyl groups excluding tert-OH is 2. The summed E-state index contributed by atoms with van der Waals surface area (Å²) in [5.41, 5.74) is 5.86. The number of halogens is 1. The van der Waals surface area contributed by atoms with Gasteiger partial charge in [0.2, 0.25) is 0 Å². The van der Waals surface area contributed by atoms with Gasteiger partial charge in [-0.3, -0.25) is 4.98 Å². The third kappa shape index (κ3) is 6.57. The van der Waals surface area contributed by atoms with Crippen LogP contribution >= 0.6 is 11.8 Å². The average molecular weight is 628 g/mol. The zero-order valence-electron chi connectivity index (χ0n) is 26.5. The summed E-state index contributed by atoms with van der Waals surface area (Å²) in [5, 5.41) is 25.7. The predicted molar refractivity (Wildman–Crippen MR) is 179 cm³/mol. The van der Waals surface area contributed by atoms with Crippen molar-refractivity contribution in [3.8, 4) is 11.5 Å². The summed E-state index contributed by atoms with van der Waals surface area (Å²) in [5.74, 6) is 3.06. The SMILES string of the molecule is Cn1nc2nc1-c1cc(ccn1)Cc1c(F)cc3[nH]ccc3c1CCSCC(C)(C)CC[C@]2(C)c1cccc(CC(O)CO)c1. The number of benzene rings is 2. The van der Waals surface area contributed by atoms with Crippen LogP contribution in [0.2, 0.25) is 0 Å². The van der Waals surface area contributed by atoms with Crippen molar-refractivity contribution in [2.45, 2.75) is 64.4 Å². The first-order valence-corrected chi connectivity index (χ1v) is 16.8. The van der Waals surface area contributed by atoms with E-state index in [9.17, 15) is 10.2 Å². The maximum atomic E-state index is 15.7. The van der Waals surface area contributed by atoms with Gasteiger partial charge in [0.05, 0.1) is 18.1 Å². The average Bonchev–Trinajstić information content (AvgIpc) is 3.66. The second-order valence-corrected chi connectivity index (χ2v) is 14.5. The highest BCUT2D eigenvalue weighted by atomic mass is 32.2. The normalized spacial score (nSPS) is 19.6. The van der Waals surface area contributed by atoms with E-state index >= 15 is 4.39 Å². The minimum Gasteiger partial charge on any atom is -0.394 e. The first-order chi connectivity index (χ1) is 21.6. The molecule has 1 unspecified atom stereocenters. The van der Waals surface area contributed by atoms with Crippen LogP contribution in [0, 0.1) is 11.2 Å². The first-order valence-electron chi connectivity index (χ1n) is 15.7. The van der Waals surface area contributed by atoms with Crippen molar-refractivity contribution in [3.05, 3.63) is 100 Å². The van der Waals surface area contributed by atoms with Crippen LogP contribution in [0.25, 0.3) is 22.4 Å². The monoisotopic (exact) mass is 627 g/mol. The maximum Gasteiger partial charge on any atom is 0.176 e. The predicted octanol–water partition coefficient (Wildman–Crippen LogP) is 6.39. The van der Waals surface area contributed by atoms with E-state index in [1.54, 1.807) is 16.9 Å². The number of hydrogen-bond acceptors (Lipinski definition) is 6. The molecule has 45 heavy (non-hydrogen) atoms. The van der Waals surface area contributed by atoms with Gasteiger partial charge < -0.3 is 15.2 Å². The Hall–Kier alpha value is -3.53. The third-order valence-electron chi connectivity index (χ3n) is 9.26. The van der Waals surface area contributed by atoms with E-state index in [0.29, 0.717) is 30.2 Å². The van der Waals surface area contributed by atoms with Gasteiger partial charge >= 0.3 is 0 Å². The number of pyridine rings is 1. The summed E-state index contributed by atoms with van der Waals surface area (Å²) in [7, 11) is 1.89. The van der Waals surface area contributed by atoms with Crippen LogP contribution in [0.1, 0.15) is 67.3 Å². The molecule has 1 aliphatic heterocycles. The number of thioether (sulfide) groups is 1. The molecule has 0 amide bonds. The number of aromatic amines is 1. The Kier molecular flexibility index (Phi) is 8.87. The Morgan fingerprint density at radius 2 is 1.93 bits per heavy atom. The highest BCUT2D eigenvalue weighted by molar-refractivity contribution is 7.99. The molecule has 9 heteroatoms. The van der Waals surface area contributed by atoms with Crippen molar-refractivity contribution in [1.82, 2.24) is 24.7 Å². The van der Waals surface area contributed by atoms with Gasteiger partial charge in [0, 0.05) is 43.2 Å². The van der Waals surface area contributed by atoms with E-state index in [4.69, 9.17) is 10.1 Å². The van der Waals surface area contributed by atoms with Gasteiger partial charge in [-0.25, -0.2) is 14.1 Å². The second kappa shape index (κ2) is 12.7. The molecule has 6 rings (SSSR count). The fourth-order valence-corrected chi connectivity index (χ4v) is 7.65. The number of rotatable bonds is 4. The molecular formula is C36H42FN5O2S. The van der Waals surface area contributed by atoms with Crippen molar-refractivity contribution in [2.24, 2.45) is 12.5 Å². The van der Waals surface area contributed by atoms with Crippen LogP contribution < -0.4 is 0 Å². The molecule has 0 radical (unpaired) electrons. The number of aliphatic hydroxyl groups is 2. The van der Waals surface area contributed by atoms with Gasteiger partial charge in [0.1, 0.15) is 11.5 Å². The fraction of sp³-hybridized carbons (Fsp3) is 0.417. The summed E-state index contributed by atoms with van der Waals surface area (Å²) in [6.45, 7) is 6.55. The van der Waals surface area contributed by atoms with E-state index in [-0.39, 0.29) is 17.8 Å². The molecule has 0 saturated heterocycles. The number of nitrogens with zero attached hydrogens (tertiary/aromatic N) is 4. The number of aromatic nitrogens is 5. The molecule has 4 bridgehead atoms. The smallest absolute Gasteiger partial charge is 0.176 e. The van der Waals surface area contributed by atoms with Crippen LogP contribution in [-0.4, -0.2) is 59.2 Å². The number of H-pyrrole nitrogens is 1. The van der Waals surface area contributed by atoms with Crippen molar-refractivity contribution < 1.29 is 14.6 Å². The van der Waals surface area contributed by atoms with Gasteiger partial charge in [-0.2, -0.15) is 16.9 Å². The number of nitrogens with one attached hydrogen (secondary N) is 1. The van der Waals surface area contributed by atoms with E-state index in [1.165, 1.54) is 0 Å². The molecule has 236 valence electrons. The Balaban J connectivity index is 1.45. The molecule has 2 atom stereocenters. The summed E-state index contributed by atoms with van der Waals surface area (Å²) in [6, 6.07) is 15.9. The molecule has 0 aliphatic carbocycles. The van der Waals surface area contributed by atoms with Gasteiger partial charge in [-0.05, 0) is 95.2 Å². The molecule has 3 aromatic heterocycles. The van der Waals surface area contributed by atoms with Gasteiger partial charge in [-0.1, -0.05) is 38.1 Å². The molecule has 0 spiro atoms. The van der Waals surface area contributed by atoms with Gasteiger partial charge in [-0.15, -0.1) is 0 Å². The maximum absolute atomic E-state index is 15.7. The standard InChI is InChI=1S/C36H42FN5O2S/c1-35(2)11-12-36(3,25-7-5-6-23(16-25)17-26(44)21-43)34-40-33(42(4)41-34)32-19-24(8-13-39-32)18-29-27(10-15-45-22-35)28-9-14-38-31(28)20-30(29)37/h5-9,13-14,16,19-20,26,38,43-44H,10-12,15,17-18,21-22H2,1-4H3/t26?,36-/m1/s1. The van der Waals surface area contributed by atoms with Crippen LogP contribution in [0.15, 0.2) is 60.9 Å². The quantitative estimate of drug-likeness (QED) is 0.214. The van der Waals surface area contributed by atoms with E-state index in [1.807, 2.05) is 49.3 Å². The lowest BCUT2D eigenvalue weighted by Crippen LogP contribution is -2.29. The topological polar surface area (TPSA) is 99.9 Å². The zero-order chi connectivity index (χ0) is 31.8. The Morgan fingerprint density at radius 1 is 1.09 bits per heavy atom. The summed E-state index contributed by atoms with van der Waals surface area (Å²) in [6.07, 6.45) is 6.23. The molecule has 1 aliphatic rings. The minimum atomic E-state index is -0.809. The van der Waals surface area contributed by atoms with E-state index < -0.39 is 11.5 Å². The van der Waals surface area contributed by atoms with Crippen molar-refractivity contribution in [2.75, 3.05) is 18.1 Å². The Morgan fingerprint density at radius 3 is 2.76 bits per heavy atom. The Bertz CT molecular complexity index is 1810. The number of hydrogen-bond donors (Lipinski definition) is 3. The van der Waals surface area contributed by atoms with Crippen molar-refractivity contribution in [1.29, 1.82) is 0 Å². The molecule has 3 N–H and O–H groups in total.